The van der Waals surface area contributed by atoms with E-state index in [-0.39, 0.29) is 0 Å². The number of hydrogen-bond acceptors (Lipinski definition) is 2. The lowest BCUT2D eigenvalue weighted by Gasteiger charge is -2.47. The molecule has 3 aliphatic rings. The average molecular weight is 238 g/mol. The van der Waals surface area contributed by atoms with Crippen molar-refractivity contribution >= 4 is 0 Å². The summed E-state index contributed by atoms with van der Waals surface area (Å²) in [6, 6.07) is 0.896. The number of piperazine rings is 3. The van der Waals surface area contributed by atoms with Crippen LogP contribution in [-0.2, 0) is 0 Å². The molecule has 0 amide bonds. The topological polar surface area (TPSA) is 6.48 Å². The predicted molar refractivity (Wildman–Crippen MR) is 74.4 cm³/mol. The third-order valence-corrected chi connectivity index (χ3v) is 4.53. The molecule has 0 aromatic rings. The molecule has 3 saturated heterocycles. The highest BCUT2D eigenvalue weighted by Crippen LogP contribution is 2.20. The first-order valence-electron chi connectivity index (χ1n) is 7.86. The van der Waals surface area contributed by atoms with Crippen LogP contribution >= 0.6 is 0 Å². The van der Waals surface area contributed by atoms with Crippen molar-refractivity contribution in [1.29, 1.82) is 0 Å². The molecule has 1 unspecified atom stereocenters. The lowest BCUT2D eigenvalue weighted by Crippen LogP contribution is -2.60. The third-order valence-electron chi connectivity index (χ3n) is 4.53. The molecule has 3 aliphatic heterocycles. The van der Waals surface area contributed by atoms with Crippen molar-refractivity contribution in [3.8, 4) is 0 Å². The van der Waals surface area contributed by atoms with E-state index in [1.54, 1.807) is 0 Å². The molecule has 0 aromatic carbocycles. The molecule has 2 heteroatoms. The Hall–Kier alpha value is -0.0800. The fourth-order valence-corrected chi connectivity index (χ4v) is 3.34. The van der Waals surface area contributed by atoms with Crippen LogP contribution in [0.25, 0.3) is 0 Å². The molecule has 0 aromatic heterocycles. The fourth-order valence-electron chi connectivity index (χ4n) is 3.34. The van der Waals surface area contributed by atoms with Gasteiger partial charge in [-0.3, -0.25) is 9.80 Å². The Bertz CT molecular complexity index is 197. The molecule has 0 saturated carbocycles. The SMILES string of the molecule is CCCCCCCCCC1CN2CCN1CC2. The molecular formula is C15H30N2. The largest absolute Gasteiger partial charge is 0.299 e. The summed E-state index contributed by atoms with van der Waals surface area (Å²) in [5.74, 6) is 0. The molecule has 0 radical (unpaired) electrons. The summed E-state index contributed by atoms with van der Waals surface area (Å²) >= 11 is 0. The van der Waals surface area contributed by atoms with Gasteiger partial charge in [0, 0.05) is 38.8 Å². The van der Waals surface area contributed by atoms with E-state index in [4.69, 9.17) is 0 Å². The lowest BCUT2D eigenvalue weighted by atomic mass is 10.0. The second kappa shape index (κ2) is 7.38. The Labute approximate surface area is 107 Å². The number of rotatable bonds is 8. The van der Waals surface area contributed by atoms with Gasteiger partial charge in [0.2, 0.25) is 0 Å². The van der Waals surface area contributed by atoms with Crippen molar-refractivity contribution in [3.05, 3.63) is 0 Å². The lowest BCUT2D eigenvalue weighted by molar-refractivity contribution is 0.00885. The first kappa shape index (κ1) is 13.4. The van der Waals surface area contributed by atoms with Gasteiger partial charge < -0.3 is 0 Å². The number of fused-ring (bicyclic) bond motifs is 3. The van der Waals surface area contributed by atoms with Gasteiger partial charge in [0.15, 0.2) is 0 Å². The highest BCUT2D eigenvalue weighted by atomic mass is 15.3. The average Bonchev–Trinajstić information content (AvgIpc) is 2.39. The van der Waals surface area contributed by atoms with Gasteiger partial charge in [-0.25, -0.2) is 0 Å². The molecule has 1 atom stereocenters. The molecule has 2 nitrogen and oxygen atoms in total. The van der Waals surface area contributed by atoms with Gasteiger partial charge in [0.05, 0.1) is 0 Å². The van der Waals surface area contributed by atoms with Crippen molar-refractivity contribution < 1.29 is 0 Å². The van der Waals surface area contributed by atoms with Crippen molar-refractivity contribution in [2.45, 2.75) is 64.3 Å². The van der Waals surface area contributed by atoms with E-state index in [1.807, 2.05) is 0 Å². The van der Waals surface area contributed by atoms with Gasteiger partial charge in [-0.1, -0.05) is 51.9 Å². The Morgan fingerprint density at radius 3 is 2.06 bits per heavy atom. The molecule has 2 bridgehead atoms. The number of unbranched alkanes of at least 4 members (excludes halogenated alkanes) is 6. The summed E-state index contributed by atoms with van der Waals surface area (Å²) in [7, 11) is 0. The molecule has 3 rings (SSSR count). The van der Waals surface area contributed by atoms with Crippen LogP contribution in [-0.4, -0.2) is 48.6 Å². The summed E-state index contributed by atoms with van der Waals surface area (Å²) in [5, 5.41) is 0. The second-order valence-corrected chi connectivity index (χ2v) is 5.90. The minimum atomic E-state index is 0.896. The van der Waals surface area contributed by atoms with Gasteiger partial charge in [0.1, 0.15) is 0 Å². The van der Waals surface area contributed by atoms with Crippen molar-refractivity contribution in [3.63, 3.8) is 0 Å². The molecule has 0 spiro atoms. The van der Waals surface area contributed by atoms with Crippen LogP contribution in [0.15, 0.2) is 0 Å². The van der Waals surface area contributed by atoms with Crippen LogP contribution in [0.2, 0.25) is 0 Å². The maximum atomic E-state index is 2.73. The Morgan fingerprint density at radius 1 is 0.824 bits per heavy atom. The third kappa shape index (κ3) is 4.26. The first-order valence-corrected chi connectivity index (χ1v) is 7.86. The van der Waals surface area contributed by atoms with Crippen molar-refractivity contribution in [1.82, 2.24) is 9.80 Å². The van der Waals surface area contributed by atoms with Gasteiger partial charge in [-0.2, -0.15) is 0 Å². The maximum Gasteiger partial charge on any atom is 0.0224 e. The fraction of sp³-hybridized carbons (Fsp3) is 1.00. The summed E-state index contributed by atoms with van der Waals surface area (Å²) < 4.78 is 0. The normalized spacial score (nSPS) is 31.9. The highest BCUT2D eigenvalue weighted by Gasteiger charge is 2.30. The molecule has 17 heavy (non-hydrogen) atoms. The van der Waals surface area contributed by atoms with Crippen LogP contribution in [0.4, 0.5) is 0 Å². The summed E-state index contributed by atoms with van der Waals surface area (Å²) in [6.07, 6.45) is 11.6. The maximum absolute atomic E-state index is 2.73. The quantitative estimate of drug-likeness (QED) is 0.600. The van der Waals surface area contributed by atoms with Gasteiger partial charge in [-0.05, 0) is 6.42 Å². The first-order chi connectivity index (χ1) is 8.40. The molecule has 3 heterocycles. The molecule has 0 aliphatic carbocycles. The van der Waals surface area contributed by atoms with Crippen LogP contribution in [0.1, 0.15) is 58.3 Å². The summed E-state index contributed by atoms with van der Waals surface area (Å²) in [6.45, 7) is 8.97. The molecule has 3 fully saturated rings. The van der Waals surface area contributed by atoms with Crippen molar-refractivity contribution in [2.75, 3.05) is 32.7 Å². The minimum absolute atomic E-state index is 0.896. The van der Waals surface area contributed by atoms with Crippen LogP contribution in [0, 0.1) is 0 Å². The van der Waals surface area contributed by atoms with E-state index in [0.29, 0.717) is 0 Å². The smallest absolute Gasteiger partial charge is 0.0224 e. The molecule has 0 N–H and O–H groups in total. The summed E-state index contributed by atoms with van der Waals surface area (Å²) in [4.78, 5) is 5.39. The van der Waals surface area contributed by atoms with E-state index in [0.717, 1.165) is 6.04 Å². The Morgan fingerprint density at radius 2 is 1.47 bits per heavy atom. The summed E-state index contributed by atoms with van der Waals surface area (Å²) in [5.41, 5.74) is 0. The Kier molecular flexibility index (Phi) is 5.79. The van der Waals surface area contributed by atoms with Gasteiger partial charge in [-0.15, -0.1) is 0 Å². The van der Waals surface area contributed by atoms with E-state index < -0.39 is 0 Å². The monoisotopic (exact) mass is 238 g/mol. The highest BCUT2D eigenvalue weighted by molar-refractivity contribution is 4.87. The molecular weight excluding hydrogens is 208 g/mol. The van der Waals surface area contributed by atoms with E-state index in [2.05, 4.69) is 16.7 Å². The van der Waals surface area contributed by atoms with Gasteiger partial charge in [0.25, 0.3) is 0 Å². The standard InChI is InChI=1S/C15H30N2/c1-2-3-4-5-6-7-8-9-15-14-16-10-12-17(15)13-11-16/h15H,2-14H2,1H3. The zero-order valence-electron chi connectivity index (χ0n) is 11.7. The van der Waals surface area contributed by atoms with E-state index >= 15 is 0 Å². The van der Waals surface area contributed by atoms with E-state index in [9.17, 15) is 0 Å². The number of nitrogens with zero attached hydrogens (tertiary/aromatic N) is 2. The Balaban J connectivity index is 1.48. The van der Waals surface area contributed by atoms with Crippen LogP contribution in [0.5, 0.6) is 0 Å². The predicted octanol–water partition coefficient (Wildman–Crippen LogP) is 3.13. The van der Waals surface area contributed by atoms with Crippen LogP contribution in [0.3, 0.4) is 0 Å². The molecule has 100 valence electrons. The second-order valence-electron chi connectivity index (χ2n) is 5.90. The minimum Gasteiger partial charge on any atom is -0.299 e. The zero-order valence-corrected chi connectivity index (χ0v) is 11.7. The van der Waals surface area contributed by atoms with Gasteiger partial charge >= 0.3 is 0 Å². The number of hydrogen-bond donors (Lipinski definition) is 0. The van der Waals surface area contributed by atoms with Crippen LogP contribution < -0.4 is 0 Å². The van der Waals surface area contributed by atoms with E-state index in [1.165, 1.54) is 84.1 Å². The van der Waals surface area contributed by atoms with Crippen molar-refractivity contribution in [2.24, 2.45) is 0 Å². The zero-order chi connectivity index (χ0) is 11.9.